The standard InChI is InChI=1S/C16H22N2O2/c1-4-6-14(11-17)18-16(19)9-10-20-15-8-5-7-12(2)13(15)3/h5,7-8,14H,4,6,9-10H2,1-3H3,(H,18,19). The van der Waals surface area contributed by atoms with Gasteiger partial charge in [0.2, 0.25) is 5.91 Å². The maximum absolute atomic E-state index is 11.7. The van der Waals surface area contributed by atoms with Gasteiger partial charge in [0, 0.05) is 0 Å². The summed E-state index contributed by atoms with van der Waals surface area (Å²) < 4.78 is 5.62. The van der Waals surface area contributed by atoms with E-state index in [9.17, 15) is 4.79 Å². The van der Waals surface area contributed by atoms with Crippen LogP contribution in [0.2, 0.25) is 0 Å². The van der Waals surface area contributed by atoms with E-state index in [-0.39, 0.29) is 12.3 Å². The lowest BCUT2D eigenvalue weighted by Gasteiger charge is -2.12. The molecule has 1 rings (SSSR count). The summed E-state index contributed by atoms with van der Waals surface area (Å²) in [4.78, 5) is 11.7. The number of carbonyl (C=O) groups is 1. The van der Waals surface area contributed by atoms with Crippen molar-refractivity contribution in [3.63, 3.8) is 0 Å². The molecule has 0 aliphatic carbocycles. The van der Waals surface area contributed by atoms with Crippen LogP contribution < -0.4 is 10.1 Å². The molecule has 1 atom stereocenters. The molecule has 1 unspecified atom stereocenters. The van der Waals surface area contributed by atoms with Crippen molar-refractivity contribution in [1.82, 2.24) is 5.32 Å². The highest BCUT2D eigenvalue weighted by atomic mass is 16.5. The van der Waals surface area contributed by atoms with Crippen molar-refractivity contribution in [2.45, 2.75) is 46.1 Å². The molecule has 0 heterocycles. The van der Waals surface area contributed by atoms with E-state index >= 15 is 0 Å². The Hall–Kier alpha value is -2.02. The number of hydrogen-bond donors (Lipinski definition) is 1. The average Bonchev–Trinajstić information content (AvgIpc) is 2.43. The lowest BCUT2D eigenvalue weighted by Crippen LogP contribution is -2.34. The van der Waals surface area contributed by atoms with Gasteiger partial charge in [-0.15, -0.1) is 0 Å². The molecule has 0 saturated carbocycles. The lowest BCUT2D eigenvalue weighted by molar-refractivity contribution is -0.122. The molecule has 0 aliphatic heterocycles. The van der Waals surface area contributed by atoms with E-state index < -0.39 is 6.04 Å². The first-order chi connectivity index (χ1) is 9.58. The highest BCUT2D eigenvalue weighted by Crippen LogP contribution is 2.20. The number of carbonyl (C=O) groups excluding carboxylic acids is 1. The summed E-state index contributed by atoms with van der Waals surface area (Å²) in [6, 6.07) is 7.55. The molecule has 0 aliphatic rings. The summed E-state index contributed by atoms with van der Waals surface area (Å²) in [5.41, 5.74) is 2.26. The summed E-state index contributed by atoms with van der Waals surface area (Å²) in [6.07, 6.45) is 1.81. The van der Waals surface area contributed by atoms with Gasteiger partial charge in [-0.3, -0.25) is 4.79 Å². The molecule has 1 aromatic carbocycles. The number of hydrogen-bond acceptors (Lipinski definition) is 3. The topological polar surface area (TPSA) is 62.1 Å². The summed E-state index contributed by atoms with van der Waals surface area (Å²) in [5, 5.41) is 11.6. The molecule has 0 bridgehead atoms. The van der Waals surface area contributed by atoms with Crippen LogP contribution in [0.4, 0.5) is 0 Å². The van der Waals surface area contributed by atoms with Crippen LogP contribution in [0.25, 0.3) is 0 Å². The molecule has 1 amide bonds. The smallest absolute Gasteiger partial charge is 0.224 e. The Kier molecular flexibility index (Phi) is 6.58. The minimum absolute atomic E-state index is 0.143. The van der Waals surface area contributed by atoms with Crippen molar-refractivity contribution in [3.05, 3.63) is 29.3 Å². The Balaban J connectivity index is 2.39. The number of nitrogens with one attached hydrogen (secondary N) is 1. The number of aryl methyl sites for hydroxylation is 1. The van der Waals surface area contributed by atoms with Crippen molar-refractivity contribution in [2.75, 3.05) is 6.61 Å². The minimum atomic E-state index is -0.395. The van der Waals surface area contributed by atoms with Gasteiger partial charge in [0.25, 0.3) is 0 Å². The van der Waals surface area contributed by atoms with Crippen molar-refractivity contribution >= 4 is 5.91 Å². The lowest BCUT2D eigenvalue weighted by atomic mass is 10.1. The fraction of sp³-hybridized carbons (Fsp3) is 0.500. The summed E-state index contributed by atoms with van der Waals surface area (Å²) in [5.74, 6) is 0.665. The van der Waals surface area contributed by atoms with E-state index in [4.69, 9.17) is 10.00 Å². The van der Waals surface area contributed by atoms with Crippen LogP contribution in [0.15, 0.2) is 18.2 Å². The Morgan fingerprint density at radius 3 is 2.85 bits per heavy atom. The van der Waals surface area contributed by atoms with Crippen LogP contribution in [0, 0.1) is 25.2 Å². The molecule has 4 heteroatoms. The highest BCUT2D eigenvalue weighted by molar-refractivity contribution is 5.76. The first-order valence-corrected chi connectivity index (χ1v) is 6.96. The zero-order valence-electron chi connectivity index (χ0n) is 12.4. The molecular formula is C16H22N2O2. The van der Waals surface area contributed by atoms with Crippen LogP contribution in [-0.2, 0) is 4.79 Å². The second-order valence-electron chi connectivity index (χ2n) is 4.83. The average molecular weight is 274 g/mol. The van der Waals surface area contributed by atoms with Gasteiger partial charge in [-0.05, 0) is 37.5 Å². The van der Waals surface area contributed by atoms with E-state index in [0.29, 0.717) is 13.0 Å². The predicted molar refractivity (Wildman–Crippen MR) is 78.5 cm³/mol. The molecule has 0 aromatic heterocycles. The Bertz CT molecular complexity index is 492. The van der Waals surface area contributed by atoms with Crippen LogP contribution in [-0.4, -0.2) is 18.6 Å². The molecule has 20 heavy (non-hydrogen) atoms. The SMILES string of the molecule is CCCC(C#N)NC(=O)CCOc1cccc(C)c1C. The van der Waals surface area contributed by atoms with Crippen LogP contribution >= 0.6 is 0 Å². The molecule has 0 spiro atoms. The van der Waals surface area contributed by atoms with Gasteiger partial charge in [-0.2, -0.15) is 5.26 Å². The third kappa shape index (κ3) is 4.93. The number of ether oxygens (including phenoxy) is 1. The molecule has 0 saturated heterocycles. The summed E-state index contributed by atoms with van der Waals surface area (Å²) >= 11 is 0. The van der Waals surface area contributed by atoms with E-state index in [0.717, 1.165) is 17.7 Å². The van der Waals surface area contributed by atoms with Gasteiger partial charge in [0.15, 0.2) is 0 Å². The van der Waals surface area contributed by atoms with Gasteiger partial charge in [0.1, 0.15) is 11.8 Å². The molecule has 0 radical (unpaired) electrons. The number of rotatable bonds is 7. The van der Waals surface area contributed by atoms with Gasteiger partial charge >= 0.3 is 0 Å². The van der Waals surface area contributed by atoms with Crippen molar-refractivity contribution < 1.29 is 9.53 Å². The quantitative estimate of drug-likeness (QED) is 0.831. The normalized spacial score (nSPS) is 11.5. The number of nitriles is 1. The van der Waals surface area contributed by atoms with Crippen molar-refractivity contribution in [1.29, 1.82) is 5.26 Å². The Morgan fingerprint density at radius 1 is 1.45 bits per heavy atom. The van der Waals surface area contributed by atoms with Gasteiger partial charge < -0.3 is 10.1 Å². The van der Waals surface area contributed by atoms with Crippen LogP contribution in [0.1, 0.15) is 37.3 Å². The second kappa shape index (κ2) is 8.21. The zero-order valence-corrected chi connectivity index (χ0v) is 12.4. The Morgan fingerprint density at radius 2 is 2.20 bits per heavy atom. The molecule has 1 N–H and O–H groups in total. The second-order valence-corrected chi connectivity index (χ2v) is 4.83. The van der Waals surface area contributed by atoms with E-state index in [1.807, 2.05) is 39.0 Å². The van der Waals surface area contributed by atoms with E-state index in [1.54, 1.807) is 0 Å². The van der Waals surface area contributed by atoms with Crippen molar-refractivity contribution in [2.24, 2.45) is 0 Å². The molecular weight excluding hydrogens is 252 g/mol. The van der Waals surface area contributed by atoms with Crippen LogP contribution in [0.5, 0.6) is 5.75 Å². The fourth-order valence-corrected chi connectivity index (χ4v) is 1.86. The molecule has 108 valence electrons. The predicted octanol–water partition coefficient (Wildman–Crippen LogP) is 2.88. The van der Waals surface area contributed by atoms with Gasteiger partial charge in [-0.1, -0.05) is 25.5 Å². The monoisotopic (exact) mass is 274 g/mol. The third-order valence-electron chi connectivity index (χ3n) is 3.21. The maximum Gasteiger partial charge on any atom is 0.224 e. The third-order valence-corrected chi connectivity index (χ3v) is 3.21. The highest BCUT2D eigenvalue weighted by Gasteiger charge is 2.10. The van der Waals surface area contributed by atoms with Crippen molar-refractivity contribution in [3.8, 4) is 11.8 Å². The fourth-order valence-electron chi connectivity index (χ4n) is 1.86. The molecule has 4 nitrogen and oxygen atoms in total. The van der Waals surface area contributed by atoms with Crippen LogP contribution in [0.3, 0.4) is 0 Å². The number of nitrogens with zero attached hydrogens (tertiary/aromatic N) is 1. The van der Waals surface area contributed by atoms with E-state index in [2.05, 4.69) is 11.4 Å². The number of amides is 1. The van der Waals surface area contributed by atoms with Gasteiger partial charge in [0.05, 0.1) is 19.1 Å². The van der Waals surface area contributed by atoms with E-state index in [1.165, 1.54) is 5.56 Å². The maximum atomic E-state index is 11.7. The van der Waals surface area contributed by atoms with Gasteiger partial charge in [-0.25, -0.2) is 0 Å². The largest absolute Gasteiger partial charge is 0.493 e. The number of benzene rings is 1. The first-order valence-electron chi connectivity index (χ1n) is 6.96. The minimum Gasteiger partial charge on any atom is -0.493 e. The Labute approximate surface area is 120 Å². The zero-order chi connectivity index (χ0) is 15.0. The summed E-state index contributed by atoms with van der Waals surface area (Å²) in [7, 11) is 0. The first kappa shape index (κ1) is 16.0. The summed E-state index contributed by atoms with van der Waals surface area (Å²) in [6.45, 7) is 6.33. The molecule has 1 aromatic rings. The molecule has 0 fully saturated rings.